The zero-order chi connectivity index (χ0) is 21.8. The maximum atomic E-state index is 12.5. The number of esters is 1. The summed E-state index contributed by atoms with van der Waals surface area (Å²) in [6, 6.07) is 14.1. The Labute approximate surface area is 180 Å². The molecule has 0 N–H and O–H groups in total. The van der Waals surface area contributed by atoms with Crippen LogP contribution in [0.2, 0.25) is 0 Å². The Morgan fingerprint density at radius 3 is 2.71 bits per heavy atom. The molecule has 2 heterocycles. The summed E-state index contributed by atoms with van der Waals surface area (Å²) in [6.07, 6.45) is 0. The van der Waals surface area contributed by atoms with Crippen LogP contribution in [0.15, 0.2) is 58.8 Å². The zero-order valence-corrected chi connectivity index (χ0v) is 17.0. The molecule has 1 unspecified atom stereocenters. The van der Waals surface area contributed by atoms with E-state index in [4.69, 9.17) is 4.74 Å². The molecule has 0 fully saturated rings. The predicted molar refractivity (Wildman–Crippen MR) is 113 cm³/mol. The topological polar surface area (TPSA) is 131 Å². The molecule has 1 atom stereocenters. The van der Waals surface area contributed by atoms with Crippen molar-refractivity contribution < 1.29 is 14.3 Å². The van der Waals surface area contributed by atoms with Crippen LogP contribution in [0.25, 0.3) is 21.9 Å². The van der Waals surface area contributed by atoms with Gasteiger partial charge < -0.3 is 4.74 Å². The van der Waals surface area contributed by atoms with E-state index in [0.29, 0.717) is 33.2 Å². The molecule has 0 radical (unpaired) electrons. The number of Topliss-reactive ketones (excluding diaryl/α,β-unsaturated/α-hetero) is 1. The number of nitrogens with zero attached hydrogens (tertiary/aromatic N) is 6. The van der Waals surface area contributed by atoms with E-state index in [1.54, 1.807) is 55.5 Å². The summed E-state index contributed by atoms with van der Waals surface area (Å²) in [5, 5.41) is 26.2. The molecule has 10 heteroatoms. The number of carbonyl (C=O) groups excluding carboxylic acids is 2. The highest BCUT2D eigenvalue weighted by atomic mass is 32.1. The number of hydrogen-bond acceptors (Lipinski definition) is 10. The summed E-state index contributed by atoms with van der Waals surface area (Å²) in [4.78, 5) is 24.8. The van der Waals surface area contributed by atoms with Crippen LogP contribution in [0.3, 0.4) is 0 Å². The van der Waals surface area contributed by atoms with Crippen LogP contribution in [-0.4, -0.2) is 39.0 Å². The lowest BCUT2D eigenvalue weighted by molar-refractivity contribution is 0.0533. The molecule has 0 bridgehead atoms. The van der Waals surface area contributed by atoms with Crippen molar-refractivity contribution in [1.29, 1.82) is 5.26 Å². The Kier molecular flexibility index (Phi) is 5.68. The summed E-state index contributed by atoms with van der Waals surface area (Å²) in [5.41, 5.74) is 2.20. The van der Waals surface area contributed by atoms with Gasteiger partial charge in [-0.1, -0.05) is 30.3 Å². The highest BCUT2D eigenvalue weighted by molar-refractivity contribution is 7.09. The predicted octanol–water partition coefficient (Wildman–Crippen LogP) is 4.27. The molecule has 4 rings (SSSR count). The maximum absolute atomic E-state index is 12.5. The molecule has 9 nitrogen and oxygen atoms in total. The molecule has 0 amide bonds. The molecule has 0 spiro atoms. The summed E-state index contributed by atoms with van der Waals surface area (Å²) in [6.45, 7) is 1.96. The van der Waals surface area contributed by atoms with Gasteiger partial charge in [0.05, 0.1) is 23.9 Å². The third-order valence-electron chi connectivity index (χ3n) is 4.34. The number of hydrogen-bond donors (Lipinski definition) is 0. The molecular weight excluding hydrogens is 416 g/mol. The van der Waals surface area contributed by atoms with Gasteiger partial charge >= 0.3 is 5.97 Å². The minimum Gasteiger partial charge on any atom is -0.462 e. The minimum atomic E-state index is -1.26. The lowest BCUT2D eigenvalue weighted by Crippen LogP contribution is -2.16. The van der Waals surface area contributed by atoms with Crippen molar-refractivity contribution in [3.8, 4) is 6.07 Å². The van der Waals surface area contributed by atoms with Crippen molar-refractivity contribution in [3.05, 3.63) is 59.0 Å². The second kappa shape index (κ2) is 8.73. The number of carbonyl (C=O) groups is 2. The third-order valence-corrected chi connectivity index (χ3v) is 5.16. The van der Waals surface area contributed by atoms with E-state index in [2.05, 4.69) is 24.8 Å². The fourth-order valence-corrected chi connectivity index (χ4v) is 3.60. The number of fused-ring (bicyclic) bond motifs is 3. The Hall–Kier alpha value is -4.10. The van der Waals surface area contributed by atoms with E-state index in [1.165, 1.54) is 0 Å². The van der Waals surface area contributed by atoms with Crippen molar-refractivity contribution in [2.45, 2.75) is 13.0 Å². The molecule has 31 heavy (non-hydrogen) atoms. The summed E-state index contributed by atoms with van der Waals surface area (Å²) < 4.78 is 9.36. The molecule has 0 aliphatic heterocycles. The van der Waals surface area contributed by atoms with Gasteiger partial charge in [0, 0.05) is 10.9 Å². The third kappa shape index (κ3) is 3.99. The van der Waals surface area contributed by atoms with E-state index in [-0.39, 0.29) is 11.5 Å². The van der Waals surface area contributed by atoms with Gasteiger partial charge in [-0.05, 0) is 36.7 Å². The molecule has 0 aliphatic rings. The van der Waals surface area contributed by atoms with E-state index >= 15 is 0 Å². The lowest BCUT2D eigenvalue weighted by Gasteiger charge is -2.03. The second-order valence-corrected chi connectivity index (χ2v) is 7.08. The van der Waals surface area contributed by atoms with E-state index < -0.39 is 17.8 Å². The Bertz CT molecular complexity index is 1360. The van der Waals surface area contributed by atoms with Gasteiger partial charge in [0.25, 0.3) is 0 Å². The van der Waals surface area contributed by atoms with Gasteiger partial charge in [-0.25, -0.2) is 4.79 Å². The fourth-order valence-electron chi connectivity index (χ4n) is 2.87. The van der Waals surface area contributed by atoms with Crippen molar-refractivity contribution >= 4 is 50.9 Å². The highest BCUT2D eigenvalue weighted by Gasteiger charge is 2.20. The summed E-state index contributed by atoms with van der Waals surface area (Å²) >= 11 is 0.986. The first-order valence-corrected chi connectivity index (χ1v) is 10.0. The number of azo groups is 1. The second-order valence-electron chi connectivity index (χ2n) is 6.31. The van der Waals surface area contributed by atoms with Crippen molar-refractivity contribution in [2.24, 2.45) is 10.2 Å². The monoisotopic (exact) mass is 430 g/mol. The van der Waals surface area contributed by atoms with Crippen LogP contribution in [0.1, 0.15) is 27.0 Å². The summed E-state index contributed by atoms with van der Waals surface area (Å²) in [7, 11) is 0. The van der Waals surface area contributed by atoms with Crippen LogP contribution >= 0.6 is 11.5 Å². The number of ketones is 1. The smallest absolute Gasteiger partial charge is 0.352 e. The molecule has 2 aromatic carbocycles. The van der Waals surface area contributed by atoms with Gasteiger partial charge in [-0.2, -0.15) is 19.9 Å². The number of rotatable bonds is 6. The van der Waals surface area contributed by atoms with Crippen molar-refractivity contribution in [1.82, 2.24) is 14.6 Å². The lowest BCUT2D eigenvalue weighted by atomic mass is 10.1. The van der Waals surface area contributed by atoms with E-state index in [9.17, 15) is 14.9 Å². The highest BCUT2D eigenvalue weighted by Crippen LogP contribution is 2.29. The average Bonchev–Trinajstić information content (AvgIpc) is 3.25. The van der Waals surface area contributed by atoms with Crippen LogP contribution < -0.4 is 0 Å². The van der Waals surface area contributed by atoms with Crippen molar-refractivity contribution in [2.75, 3.05) is 6.61 Å². The number of benzene rings is 2. The van der Waals surface area contributed by atoms with Crippen LogP contribution in [0.5, 0.6) is 0 Å². The number of aromatic nitrogens is 3. The van der Waals surface area contributed by atoms with Gasteiger partial charge in [-0.3, -0.25) is 4.79 Å². The number of ether oxygens (including phenoxy) is 1. The molecule has 0 aliphatic carbocycles. The fraction of sp³-hybridized carbons (Fsp3) is 0.143. The molecule has 152 valence electrons. The van der Waals surface area contributed by atoms with Gasteiger partial charge in [-0.15, -0.1) is 10.2 Å². The summed E-state index contributed by atoms with van der Waals surface area (Å²) in [5.74, 6) is -0.935. The van der Waals surface area contributed by atoms with Gasteiger partial charge in [0.2, 0.25) is 11.8 Å². The number of nitriles is 1. The van der Waals surface area contributed by atoms with Crippen LogP contribution in [0.4, 0.5) is 5.69 Å². The van der Waals surface area contributed by atoms with Crippen LogP contribution in [0, 0.1) is 11.3 Å². The minimum absolute atomic E-state index is 0.242. The standard InChI is InChI=1S/C21H14N6O3S/c1-2-30-21(29)20-18-17(27-31-20)14-10-13(8-9-15(14)24-26-18)23-25-16(11-22)19(28)12-6-4-3-5-7-12/h3-10,16H,2H2,1H3/b25-23+. The van der Waals surface area contributed by atoms with Crippen LogP contribution in [-0.2, 0) is 4.74 Å². The average molecular weight is 430 g/mol. The van der Waals surface area contributed by atoms with Gasteiger partial charge in [0.15, 0.2) is 4.88 Å². The zero-order valence-electron chi connectivity index (χ0n) is 16.2. The van der Waals surface area contributed by atoms with E-state index in [0.717, 1.165) is 11.5 Å². The normalized spacial score (nSPS) is 12.1. The maximum Gasteiger partial charge on any atom is 0.352 e. The molecule has 0 saturated heterocycles. The Balaban J connectivity index is 1.68. The molecular formula is C21H14N6O3S. The first kappa shape index (κ1) is 20.2. The SMILES string of the molecule is CCOC(=O)c1snc2c1nnc1ccc(/N=N/C(C#N)C(=O)c3ccccc3)cc12. The molecule has 4 aromatic rings. The molecule has 2 aromatic heterocycles. The largest absolute Gasteiger partial charge is 0.462 e. The Morgan fingerprint density at radius 2 is 1.97 bits per heavy atom. The van der Waals surface area contributed by atoms with Gasteiger partial charge in [0.1, 0.15) is 11.0 Å². The quantitative estimate of drug-likeness (QED) is 0.253. The molecule has 0 saturated carbocycles. The first-order valence-electron chi connectivity index (χ1n) is 9.25. The Morgan fingerprint density at radius 1 is 1.16 bits per heavy atom. The first-order chi connectivity index (χ1) is 15.1. The van der Waals surface area contributed by atoms with E-state index in [1.807, 2.05) is 6.07 Å². The van der Waals surface area contributed by atoms with Crippen molar-refractivity contribution in [3.63, 3.8) is 0 Å².